The summed E-state index contributed by atoms with van der Waals surface area (Å²) in [5, 5.41) is 19.3. The molecule has 0 bridgehead atoms. The number of aromatic nitrogens is 4. The van der Waals surface area contributed by atoms with E-state index < -0.39 is 5.97 Å². The van der Waals surface area contributed by atoms with E-state index in [2.05, 4.69) is 15.3 Å². The first-order valence-corrected chi connectivity index (χ1v) is 6.82. The number of carboxylic acids is 1. The summed E-state index contributed by atoms with van der Waals surface area (Å²) in [7, 11) is 1.52. The van der Waals surface area contributed by atoms with Crippen molar-refractivity contribution in [2.24, 2.45) is 0 Å². The Morgan fingerprint density at radius 1 is 1.38 bits per heavy atom. The van der Waals surface area contributed by atoms with Crippen LogP contribution in [-0.4, -0.2) is 38.2 Å². The monoisotopic (exact) mass is 302 g/mol. The first-order valence-electron chi connectivity index (χ1n) is 5.94. The van der Waals surface area contributed by atoms with Gasteiger partial charge >= 0.3 is 5.97 Å². The van der Waals surface area contributed by atoms with Crippen LogP contribution in [0.5, 0.6) is 5.75 Å². The highest BCUT2D eigenvalue weighted by molar-refractivity contribution is 7.12. The zero-order chi connectivity index (χ0) is 14.8. The lowest BCUT2D eigenvalue weighted by Gasteiger charge is -2.09. The minimum Gasteiger partial charge on any atom is -0.496 e. The molecule has 0 spiro atoms. The number of methoxy groups -OCH3 is 1. The molecule has 3 rings (SSSR count). The Labute approximate surface area is 123 Å². The van der Waals surface area contributed by atoms with E-state index in [1.165, 1.54) is 23.1 Å². The summed E-state index contributed by atoms with van der Waals surface area (Å²) in [6.07, 6.45) is 1.62. The first kappa shape index (κ1) is 13.3. The van der Waals surface area contributed by atoms with E-state index >= 15 is 0 Å². The van der Waals surface area contributed by atoms with Gasteiger partial charge in [-0.3, -0.25) is 0 Å². The molecule has 0 unspecified atom stereocenters. The predicted molar refractivity (Wildman–Crippen MR) is 76.0 cm³/mol. The lowest BCUT2D eigenvalue weighted by atomic mass is 10.1. The van der Waals surface area contributed by atoms with Crippen LogP contribution in [0, 0.1) is 0 Å². The molecule has 0 fully saturated rings. The van der Waals surface area contributed by atoms with Crippen LogP contribution in [0.4, 0.5) is 0 Å². The van der Waals surface area contributed by atoms with Crippen LogP contribution in [0.3, 0.4) is 0 Å². The molecule has 7 nitrogen and oxygen atoms in total. The van der Waals surface area contributed by atoms with E-state index in [1.54, 1.807) is 35.8 Å². The number of aromatic carboxylic acids is 1. The minimum absolute atomic E-state index is 0.144. The lowest BCUT2D eigenvalue weighted by Crippen LogP contribution is -2.04. The number of nitrogens with zero attached hydrogens (tertiary/aromatic N) is 4. The van der Waals surface area contributed by atoms with Gasteiger partial charge in [-0.15, -0.1) is 16.4 Å². The highest BCUT2D eigenvalue weighted by Crippen LogP contribution is 2.33. The number of benzene rings is 1. The van der Waals surface area contributed by atoms with Crippen molar-refractivity contribution in [3.63, 3.8) is 0 Å². The van der Waals surface area contributed by atoms with Crippen molar-refractivity contribution in [2.75, 3.05) is 7.11 Å². The van der Waals surface area contributed by atoms with Gasteiger partial charge in [0.2, 0.25) is 5.13 Å². The molecule has 0 saturated carbocycles. The van der Waals surface area contributed by atoms with Crippen LogP contribution >= 0.6 is 11.3 Å². The van der Waals surface area contributed by atoms with E-state index in [0.717, 1.165) is 0 Å². The van der Waals surface area contributed by atoms with Crippen LogP contribution in [0.15, 0.2) is 35.8 Å². The maximum absolute atomic E-state index is 11.4. The Morgan fingerprint density at radius 3 is 2.86 bits per heavy atom. The molecule has 1 aromatic carbocycles. The molecule has 106 valence electrons. The van der Waals surface area contributed by atoms with Gasteiger partial charge in [0.05, 0.1) is 7.11 Å². The Balaban J connectivity index is 2.29. The molecule has 3 aromatic rings. The van der Waals surface area contributed by atoms with Gasteiger partial charge in [0.1, 0.15) is 11.4 Å². The van der Waals surface area contributed by atoms with Crippen molar-refractivity contribution >= 4 is 17.3 Å². The van der Waals surface area contributed by atoms with Crippen LogP contribution in [0.1, 0.15) is 10.5 Å². The molecule has 0 radical (unpaired) electrons. The molecule has 0 aliphatic rings. The molecule has 1 N–H and O–H groups in total. The quantitative estimate of drug-likeness (QED) is 0.793. The molecule has 0 aliphatic carbocycles. The van der Waals surface area contributed by atoms with Gasteiger partial charge in [0, 0.05) is 17.1 Å². The predicted octanol–water partition coefficient (Wildman–Crippen LogP) is 2.10. The highest BCUT2D eigenvalue weighted by atomic mass is 32.1. The SMILES string of the molecule is COc1ccccc1-c1c(C(=O)O)nnn1-c1nccs1. The van der Waals surface area contributed by atoms with E-state index in [0.29, 0.717) is 22.1 Å². The van der Waals surface area contributed by atoms with Gasteiger partial charge in [0.25, 0.3) is 0 Å². The van der Waals surface area contributed by atoms with Gasteiger partial charge in [-0.2, -0.15) is 4.68 Å². The van der Waals surface area contributed by atoms with Crippen molar-refractivity contribution in [3.8, 4) is 22.1 Å². The van der Waals surface area contributed by atoms with Crippen LogP contribution in [0.2, 0.25) is 0 Å². The number of thiazole rings is 1. The largest absolute Gasteiger partial charge is 0.496 e. The van der Waals surface area contributed by atoms with Gasteiger partial charge in [0.15, 0.2) is 5.69 Å². The number of carboxylic acid groups (broad SMARTS) is 1. The van der Waals surface area contributed by atoms with E-state index in [1.807, 2.05) is 0 Å². The molecular formula is C13H10N4O3S. The van der Waals surface area contributed by atoms with E-state index in [9.17, 15) is 9.90 Å². The summed E-state index contributed by atoms with van der Waals surface area (Å²) in [5.74, 6) is -0.612. The number of rotatable bonds is 4. The Hall–Kier alpha value is -2.74. The molecule has 8 heteroatoms. The summed E-state index contributed by atoms with van der Waals surface area (Å²) in [4.78, 5) is 15.6. The second-order valence-corrected chi connectivity index (χ2v) is 4.89. The van der Waals surface area contributed by atoms with Crippen molar-refractivity contribution in [1.82, 2.24) is 20.0 Å². The van der Waals surface area contributed by atoms with Crippen molar-refractivity contribution in [1.29, 1.82) is 0 Å². The second-order valence-electron chi connectivity index (χ2n) is 4.02. The standard InChI is InChI=1S/C13H10N4O3S/c1-20-9-5-3-2-4-8(9)11-10(12(18)19)15-16-17(11)13-14-6-7-21-13/h2-7H,1H3,(H,18,19). The van der Waals surface area contributed by atoms with Crippen LogP contribution in [-0.2, 0) is 0 Å². The number of ether oxygens (including phenoxy) is 1. The van der Waals surface area contributed by atoms with E-state index in [-0.39, 0.29) is 5.69 Å². The van der Waals surface area contributed by atoms with Gasteiger partial charge < -0.3 is 9.84 Å². The Morgan fingerprint density at radius 2 is 2.19 bits per heavy atom. The molecule has 0 amide bonds. The molecule has 0 saturated heterocycles. The zero-order valence-electron chi connectivity index (χ0n) is 10.9. The number of hydrogen-bond donors (Lipinski definition) is 1. The molecule has 2 aromatic heterocycles. The number of para-hydroxylation sites is 1. The fourth-order valence-electron chi connectivity index (χ4n) is 1.96. The topological polar surface area (TPSA) is 90.1 Å². The molecule has 0 aliphatic heterocycles. The second kappa shape index (κ2) is 5.33. The van der Waals surface area contributed by atoms with Crippen molar-refractivity contribution in [3.05, 3.63) is 41.5 Å². The fraction of sp³-hybridized carbons (Fsp3) is 0.0769. The zero-order valence-corrected chi connectivity index (χ0v) is 11.7. The minimum atomic E-state index is -1.15. The summed E-state index contributed by atoms with van der Waals surface area (Å²) < 4.78 is 6.71. The third-order valence-corrected chi connectivity index (χ3v) is 3.58. The molecule has 21 heavy (non-hydrogen) atoms. The third kappa shape index (κ3) is 2.25. The highest BCUT2D eigenvalue weighted by Gasteiger charge is 2.24. The summed E-state index contributed by atoms with van der Waals surface area (Å²) in [6, 6.07) is 7.11. The van der Waals surface area contributed by atoms with Gasteiger partial charge in [-0.1, -0.05) is 17.3 Å². The number of hydrogen-bond acceptors (Lipinski definition) is 6. The summed E-state index contributed by atoms with van der Waals surface area (Å²) in [5.41, 5.74) is 0.794. The Kier molecular flexibility index (Phi) is 3.36. The average Bonchev–Trinajstić information content (AvgIpc) is 3.15. The fourth-order valence-corrected chi connectivity index (χ4v) is 2.56. The summed E-state index contributed by atoms with van der Waals surface area (Å²) >= 11 is 1.34. The van der Waals surface area contributed by atoms with Crippen LogP contribution in [0.25, 0.3) is 16.4 Å². The maximum Gasteiger partial charge on any atom is 0.358 e. The number of carbonyl (C=O) groups is 1. The van der Waals surface area contributed by atoms with E-state index in [4.69, 9.17) is 4.74 Å². The third-order valence-electron chi connectivity index (χ3n) is 2.84. The Bertz CT molecular complexity index is 783. The molecular weight excluding hydrogens is 292 g/mol. The average molecular weight is 302 g/mol. The smallest absolute Gasteiger partial charge is 0.358 e. The lowest BCUT2D eigenvalue weighted by molar-refractivity contribution is 0.0691. The first-order chi connectivity index (χ1) is 10.2. The maximum atomic E-state index is 11.4. The normalized spacial score (nSPS) is 10.5. The van der Waals surface area contributed by atoms with Crippen molar-refractivity contribution < 1.29 is 14.6 Å². The summed E-state index contributed by atoms with van der Waals surface area (Å²) in [6.45, 7) is 0. The van der Waals surface area contributed by atoms with Crippen molar-refractivity contribution in [2.45, 2.75) is 0 Å². The molecule has 2 heterocycles. The van der Waals surface area contributed by atoms with Gasteiger partial charge in [-0.25, -0.2) is 9.78 Å². The molecule has 0 atom stereocenters. The van der Waals surface area contributed by atoms with Crippen LogP contribution < -0.4 is 4.74 Å². The van der Waals surface area contributed by atoms with Gasteiger partial charge in [-0.05, 0) is 12.1 Å².